The first-order chi connectivity index (χ1) is 11.2. The molecule has 1 heterocycles. The van der Waals surface area contributed by atoms with E-state index < -0.39 is 15.9 Å². The topological polar surface area (TPSA) is 78.5 Å². The highest BCUT2D eigenvalue weighted by Gasteiger charge is 2.23. The number of carbonyl (C=O) groups excluding carboxylic acids is 1. The number of halogens is 3. The van der Waals surface area contributed by atoms with Crippen molar-refractivity contribution in [2.24, 2.45) is 0 Å². The Kier molecular flexibility index (Phi) is 6.35. The van der Waals surface area contributed by atoms with Gasteiger partial charge in [-0.05, 0) is 23.6 Å². The van der Waals surface area contributed by atoms with Gasteiger partial charge in [-0.3, -0.25) is 15.6 Å². The van der Waals surface area contributed by atoms with Crippen LogP contribution >= 0.6 is 46.1 Å². The summed E-state index contributed by atoms with van der Waals surface area (Å²) in [6.45, 7) is -0.379. The molecule has 0 aliphatic heterocycles. The summed E-state index contributed by atoms with van der Waals surface area (Å²) in [5.41, 5.74) is 5.17. The van der Waals surface area contributed by atoms with Gasteiger partial charge in [-0.1, -0.05) is 40.9 Å². The van der Waals surface area contributed by atoms with Gasteiger partial charge >= 0.3 is 0 Å². The van der Waals surface area contributed by atoms with E-state index in [1.54, 1.807) is 11.4 Å². The van der Waals surface area contributed by atoms with Crippen LogP contribution in [0, 0.1) is 0 Å². The largest absolute Gasteiger partial charge is 0.296 e. The molecule has 1 aromatic heterocycles. The van der Waals surface area contributed by atoms with Crippen LogP contribution in [0.2, 0.25) is 15.1 Å². The predicted molar refractivity (Wildman–Crippen MR) is 97.4 cm³/mol. The number of hydrogen-bond donors (Lipinski definition) is 2. The van der Waals surface area contributed by atoms with E-state index in [1.807, 2.05) is 0 Å². The smallest absolute Gasteiger partial charge is 0.253 e. The van der Waals surface area contributed by atoms with Gasteiger partial charge in [-0.25, -0.2) is 8.42 Å². The maximum atomic E-state index is 12.2. The highest BCUT2D eigenvalue weighted by Crippen LogP contribution is 2.33. The molecule has 0 aliphatic carbocycles. The van der Waals surface area contributed by atoms with Crippen LogP contribution < -0.4 is 10.9 Å². The number of likely N-dealkylation sites (N-methyl/N-ethyl adjacent to an activating group) is 1. The molecule has 0 saturated carbocycles. The summed E-state index contributed by atoms with van der Waals surface area (Å²) in [5.74, 6) is -0.584. The van der Waals surface area contributed by atoms with E-state index in [2.05, 4.69) is 10.9 Å². The van der Waals surface area contributed by atoms with Crippen LogP contribution in [0.5, 0.6) is 0 Å². The van der Waals surface area contributed by atoms with Crippen LogP contribution in [-0.4, -0.2) is 32.2 Å². The minimum Gasteiger partial charge on any atom is -0.296 e. The summed E-state index contributed by atoms with van der Waals surface area (Å²) in [7, 11) is -2.39. The summed E-state index contributed by atoms with van der Waals surface area (Å²) < 4.78 is 25.6. The van der Waals surface area contributed by atoms with Crippen molar-refractivity contribution in [2.75, 3.05) is 19.0 Å². The third-order valence-electron chi connectivity index (χ3n) is 2.86. The maximum Gasteiger partial charge on any atom is 0.253 e. The standard InChI is InChI=1S/C13H12Cl3N3O3S2/c1-19(24(21,22)12-3-2-4-23-12)7-11(20)17-18-13-9(15)5-8(14)6-10(13)16/h2-6,18H,7H2,1H3,(H,17,20). The second-order valence-corrected chi connectivity index (χ2v) is 9.08. The molecule has 2 rings (SSSR count). The lowest BCUT2D eigenvalue weighted by Crippen LogP contribution is -2.40. The van der Waals surface area contributed by atoms with E-state index in [4.69, 9.17) is 34.8 Å². The molecule has 0 unspecified atom stereocenters. The number of anilines is 1. The van der Waals surface area contributed by atoms with E-state index in [9.17, 15) is 13.2 Å². The summed E-state index contributed by atoms with van der Waals surface area (Å²) in [5, 5.41) is 2.43. The third kappa shape index (κ3) is 4.53. The van der Waals surface area contributed by atoms with Gasteiger partial charge < -0.3 is 0 Å². The third-order valence-corrected chi connectivity index (χ3v) is 6.85. The Balaban J connectivity index is 1.99. The van der Waals surface area contributed by atoms with Gasteiger partial charge in [0.1, 0.15) is 4.21 Å². The summed E-state index contributed by atoms with van der Waals surface area (Å²) in [4.78, 5) is 11.9. The fraction of sp³-hybridized carbons (Fsp3) is 0.154. The lowest BCUT2D eigenvalue weighted by molar-refractivity contribution is -0.120. The zero-order chi connectivity index (χ0) is 17.9. The van der Waals surface area contributed by atoms with Crippen molar-refractivity contribution >= 4 is 67.8 Å². The lowest BCUT2D eigenvalue weighted by Gasteiger charge is -2.17. The molecule has 1 aromatic carbocycles. The number of benzene rings is 1. The van der Waals surface area contributed by atoms with Gasteiger partial charge in [-0.15, -0.1) is 11.3 Å². The first-order valence-electron chi connectivity index (χ1n) is 6.41. The zero-order valence-corrected chi connectivity index (χ0v) is 16.1. The van der Waals surface area contributed by atoms with E-state index in [-0.39, 0.29) is 26.5 Å². The molecule has 0 bridgehead atoms. The Hall–Kier alpha value is -1.03. The van der Waals surface area contributed by atoms with Crippen LogP contribution in [0.25, 0.3) is 0 Å². The molecular formula is C13H12Cl3N3O3S2. The molecule has 0 radical (unpaired) electrons. The normalized spacial score (nSPS) is 11.5. The average Bonchev–Trinajstić information content (AvgIpc) is 3.00. The highest BCUT2D eigenvalue weighted by atomic mass is 35.5. The second-order valence-electron chi connectivity index (χ2n) is 4.61. The Labute approximate surface area is 158 Å². The average molecular weight is 429 g/mol. The van der Waals surface area contributed by atoms with Crippen LogP contribution in [0.3, 0.4) is 0 Å². The molecule has 0 fully saturated rings. The fourth-order valence-corrected chi connectivity index (χ4v) is 4.92. The lowest BCUT2D eigenvalue weighted by atomic mass is 10.3. The molecule has 0 spiro atoms. The van der Waals surface area contributed by atoms with Gasteiger partial charge in [-0.2, -0.15) is 4.31 Å². The SMILES string of the molecule is CN(CC(=O)NNc1c(Cl)cc(Cl)cc1Cl)S(=O)(=O)c1cccs1. The van der Waals surface area contributed by atoms with E-state index in [1.165, 1.54) is 25.2 Å². The number of amides is 1. The Morgan fingerprint density at radius 1 is 1.25 bits per heavy atom. The van der Waals surface area contributed by atoms with Crippen molar-refractivity contribution in [2.45, 2.75) is 4.21 Å². The Bertz CT molecular complexity index is 818. The van der Waals surface area contributed by atoms with Crippen molar-refractivity contribution in [3.8, 4) is 0 Å². The minimum atomic E-state index is -3.70. The molecule has 0 saturated heterocycles. The number of hydrogen-bond acceptors (Lipinski definition) is 5. The van der Waals surface area contributed by atoms with Crippen LogP contribution in [0.4, 0.5) is 5.69 Å². The molecule has 0 atom stereocenters. The number of sulfonamides is 1. The predicted octanol–water partition coefficient (Wildman–Crippen LogP) is 3.47. The first-order valence-corrected chi connectivity index (χ1v) is 9.86. The zero-order valence-electron chi connectivity index (χ0n) is 12.2. The van der Waals surface area contributed by atoms with Crippen LogP contribution in [0.1, 0.15) is 0 Å². The van der Waals surface area contributed by atoms with Crippen LogP contribution in [0.15, 0.2) is 33.9 Å². The number of carbonyl (C=O) groups is 1. The van der Waals surface area contributed by atoms with Crippen molar-refractivity contribution in [3.05, 3.63) is 44.7 Å². The Morgan fingerprint density at radius 2 is 1.88 bits per heavy atom. The van der Waals surface area contributed by atoms with E-state index >= 15 is 0 Å². The number of thiophene rings is 1. The number of nitrogens with one attached hydrogen (secondary N) is 2. The van der Waals surface area contributed by atoms with Crippen molar-refractivity contribution in [1.82, 2.24) is 9.73 Å². The van der Waals surface area contributed by atoms with Gasteiger partial charge in [0, 0.05) is 12.1 Å². The molecule has 0 aliphatic rings. The van der Waals surface area contributed by atoms with Crippen molar-refractivity contribution in [3.63, 3.8) is 0 Å². The summed E-state index contributed by atoms with van der Waals surface area (Å²) in [6.07, 6.45) is 0. The van der Waals surface area contributed by atoms with Gasteiger partial charge in [0.25, 0.3) is 15.9 Å². The van der Waals surface area contributed by atoms with E-state index in [0.717, 1.165) is 15.6 Å². The summed E-state index contributed by atoms with van der Waals surface area (Å²) >= 11 is 18.8. The maximum absolute atomic E-state index is 12.2. The number of hydrazine groups is 1. The van der Waals surface area contributed by atoms with E-state index in [0.29, 0.717) is 5.02 Å². The monoisotopic (exact) mass is 427 g/mol. The number of rotatable bonds is 6. The highest BCUT2D eigenvalue weighted by molar-refractivity contribution is 7.91. The summed E-state index contributed by atoms with van der Waals surface area (Å²) in [6, 6.07) is 6.01. The molecular weight excluding hydrogens is 417 g/mol. The molecule has 130 valence electrons. The molecule has 6 nitrogen and oxygen atoms in total. The molecule has 2 aromatic rings. The van der Waals surface area contributed by atoms with Crippen molar-refractivity contribution < 1.29 is 13.2 Å². The van der Waals surface area contributed by atoms with Gasteiger partial charge in [0.2, 0.25) is 0 Å². The first kappa shape index (κ1) is 19.3. The minimum absolute atomic E-state index is 0.162. The number of nitrogens with zero attached hydrogens (tertiary/aromatic N) is 1. The van der Waals surface area contributed by atoms with Crippen LogP contribution in [-0.2, 0) is 14.8 Å². The van der Waals surface area contributed by atoms with Crippen molar-refractivity contribution in [1.29, 1.82) is 0 Å². The Morgan fingerprint density at radius 3 is 2.42 bits per heavy atom. The quantitative estimate of drug-likeness (QED) is 0.691. The van der Waals surface area contributed by atoms with Gasteiger partial charge in [0.05, 0.1) is 22.3 Å². The fourth-order valence-electron chi connectivity index (χ4n) is 1.68. The molecule has 2 N–H and O–H groups in total. The molecule has 11 heteroatoms. The molecule has 1 amide bonds. The molecule has 24 heavy (non-hydrogen) atoms. The second kappa shape index (κ2) is 7.90. The van der Waals surface area contributed by atoms with Gasteiger partial charge in [0.15, 0.2) is 0 Å².